The van der Waals surface area contributed by atoms with Crippen LogP contribution in [0, 0.1) is 0 Å². The van der Waals surface area contributed by atoms with Crippen molar-refractivity contribution in [3.05, 3.63) is 70.1 Å². The van der Waals surface area contributed by atoms with Crippen LogP contribution in [0.5, 0.6) is 0 Å². The predicted molar refractivity (Wildman–Crippen MR) is 121 cm³/mol. The summed E-state index contributed by atoms with van der Waals surface area (Å²) in [6, 6.07) is 14.6. The molecule has 0 fully saturated rings. The number of hydrogen-bond donors (Lipinski definition) is 1. The Morgan fingerprint density at radius 2 is 1.64 bits per heavy atom. The maximum atomic E-state index is 12.5. The van der Waals surface area contributed by atoms with Gasteiger partial charge in [0.25, 0.3) is 0 Å². The number of hydrogen-bond acceptors (Lipinski definition) is 6. The first-order chi connectivity index (χ1) is 15.7. The molecule has 0 saturated carbocycles. The Morgan fingerprint density at radius 1 is 1.06 bits per heavy atom. The molecule has 3 rings (SSSR count). The van der Waals surface area contributed by atoms with Crippen LogP contribution in [0.3, 0.4) is 0 Å². The molecule has 1 atom stereocenters. The van der Waals surface area contributed by atoms with Crippen LogP contribution in [-0.2, 0) is 19.1 Å². The maximum absolute atomic E-state index is 12.5. The largest absolute Gasteiger partial charge is 0.460 e. The first-order valence-corrected chi connectivity index (χ1v) is 10.6. The van der Waals surface area contributed by atoms with Crippen molar-refractivity contribution in [1.29, 1.82) is 0 Å². The number of benzene rings is 2. The Morgan fingerprint density at radius 3 is 2.18 bits per heavy atom. The smallest absolute Gasteiger partial charge is 0.407 e. The van der Waals surface area contributed by atoms with Gasteiger partial charge >= 0.3 is 12.1 Å². The lowest BCUT2D eigenvalue weighted by molar-refractivity contribution is -0.156. The second-order valence-corrected chi connectivity index (χ2v) is 8.67. The van der Waals surface area contributed by atoms with Gasteiger partial charge in [0.1, 0.15) is 18.2 Å². The van der Waals surface area contributed by atoms with Gasteiger partial charge in [0.15, 0.2) is 5.78 Å². The zero-order valence-electron chi connectivity index (χ0n) is 18.8. The molecule has 2 aromatic carbocycles. The van der Waals surface area contributed by atoms with Gasteiger partial charge in [0.2, 0.25) is 0 Å². The van der Waals surface area contributed by atoms with Crippen molar-refractivity contribution in [1.82, 2.24) is 5.32 Å². The molecule has 2 aromatic rings. The highest BCUT2D eigenvalue weighted by molar-refractivity contribution is 5.92. The van der Waals surface area contributed by atoms with Crippen molar-refractivity contribution in [3.8, 4) is 11.1 Å². The number of ketones is 1. The predicted octanol–water partition coefficient (Wildman–Crippen LogP) is 4.50. The van der Waals surface area contributed by atoms with E-state index in [0.717, 1.165) is 22.3 Å². The Bertz CT molecular complexity index is 1060. The number of carbonyl (C=O) groups is 3. The highest BCUT2D eigenvalue weighted by Gasteiger charge is 2.30. The van der Waals surface area contributed by atoms with Gasteiger partial charge in [0, 0.05) is 10.8 Å². The highest BCUT2D eigenvalue weighted by atomic mass is 16.6. The zero-order chi connectivity index (χ0) is 24.0. The number of rotatable bonds is 8. The van der Waals surface area contributed by atoms with Gasteiger partial charge in [0.05, 0.1) is 13.0 Å². The average Bonchev–Trinajstić information content (AvgIpc) is 3.08. The number of amides is 1. The number of nitrogens with one attached hydrogen (secondary N) is 1. The minimum atomic E-state index is -1.24. The van der Waals surface area contributed by atoms with Crippen molar-refractivity contribution in [2.45, 2.75) is 44.8 Å². The molecule has 172 valence electrons. The van der Waals surface area contributed by atoms with Crippen LogP contribution >= 0.6 is 0 Å². The minimum Gasteiger partial charge on any atom is -0.460 e. The highest BCUT2D eigenvalue weighted by Crippen LogP contribution is 2.44. The third-order valence-electron chi connectivity index (χ3n) is 5.11. The first-order valence-electron chi connectivity index (χ1n) is 10.6. The summed E-state index contributed by atoms with van der Waals surface area (Å²) in [4.78, 5) is 39.7. The van der Waals surface area contributed by atoms with Crippen LogP contribution in [-0.4, -0.2) is 42.6 Å². The second kappa shape index (κ2) is 10.2. The van der Waals surface area contributed by atoms with E-state index in [1.54, 1.807) is 20.8 Å². The number of azide groups is 1. The van der Waals surface area contributed by atoms with Crippen molar-refractivity contribution in [2.75, 3.05) is 13.2 Å². The molecule has 9 heteroatoms. The lowest BCUT2D eigenvalue weighted by Crippen LogP contribution is -2.44. The van der Waals surface area contributed by atoms with Gasteiger partial charge in [-0.1, -0.05) is 53.6 Å². The molecule has 0 radical (unpaired) electrons. The lowest BCUT2D eigenvalue weighted by Gasteiger charge is -2.22. The van der Waals surface area contributed by atoms with Crippen LogP contribution in [0.4, 0.5) is 4.79 Å². The summed E-state index contributed by atoms with van der Waals surface area (Å²) in [6.07, 6.45) is -1.25. The van der Waals surface area contributed by atoms with E-state index in [9.17, 15) is 14.4 Å². The van der Waals surface area contributed by atoms with E-state index in [2.05, 4.69) is 15.3 Å². The molecule has 0 spiro atoms. The summed E-state index contributed by atoms with van der Waals surface area (Å²) in [5, 5.41) is 5.65. The SMILES string of the molecule is CC(C)(C)OC(=O)C[C@H](NC(=O)OCC1c2ccccc2-c2ccccc21)C(=O)CN=[N+]=[N-]. The standard InChI is InChI=1S/C24H26N4O5/c1-24(2,3)33-22(30)12-20(21(29)13-26-28-25)27-23(31)32-14-19-17-10-6-4-8-15(17)16-9-5-7-11-18(16)19/h4-11,19-20H,12-14H2,1-3H3,(H,27,31)/t20-/m0/s1. The third-order valence-corrected chi connectivity index (χ3v) is 5.11. The van der Waals surface area contributed by atoms with Gasteiger partial charge in [-0.3, -0.25) is 9.59 Å². The fourth-order valence-corrected chi connectivity index (χ4v) is 3.79. The Labute approximate surface area is 191 Å². The van der Waals surface area contributed by atoms with Crippen LogP contribution in [0.2, 0.25) is 0 Å². The molecule has 1 aliphatic rings. The van der Waals surface area contributed by atoms with Crippen LogP contribution in [0.1, 0.15) is 44.2 Å². The molecule has 0 bridgehead atoms. The van der Waals surface area contributed by atoms with Gasteiger partial charge in [-0.15, -0.1) is 0 Å². The van der Waals surface area contributed by atoms with Crippen molar-refractivity contribution in [2.24, 2.45) is 5.11 Å². The number of fused-ring (bicyclic) bond motifs is 3. The van der Waals surface area contributed by atoms with E-state index in [1.807, 2.05) is 48.5 Å². The van der Waals surface area contributed by atoms with Gasteiger partial charge in [-0.05, 0) is 48.6 Å². The number of Topliss-reactive ketones (excluding diaryl/α,β-unsaturated/α-hetero) is 1. The molecule has 0 aromatic heterocycles. The molecular weight excluding hydrogens is 424 g/mol. The lowest BCUT2D eigenvalue weighted by atomic mass is 9.98. The number of esters is 1. The molecule has 33 heavy (non-hydrogen) atoms. The molecule has 0 unspecified atom stereocenters. The summed E-state index contributed by atoms with van der Waals surface area (Å²) in [7, 11) is 0. The average molecular weight is 450 g/mol. The number of ether oxygens (including phenoxy) is 2. The second-order valence-electron chi connectivity index (χ2n) is 8.67. The number of alkyl carbamates (subject to hydrolysis) is 1. The molecule has 1 amide bonds. The molecular formula is C24H26N4O5. The summed E-state index contributed by atoms with van der Waals surface area (Å²) >= 11 is 0. The number of carbonyl (C=O) groups excluding carboxylic acids is 3. The molecule has 0 aliphatic heterocycles. The van der Waals surface area contributed by atoms with Gasteiger partial charge in [-0.2, -0.15) is 0 Å². The van der Waals surface area contributed by atoms with E-state index < -0.39 is 42.5 Å². The zero-order valence-corrected chi connectivity index (χ0v) is 18.8. The van der Waals surface area contributed by atoms with Crippen molar-refractivity contribution in [3.63, 3.8) is 0 Å². The fraction of sp³-hybridized carbons (Fsp3) is 0.375. The molecule has 1 N–H and O–H groups in total. The summed E-state index contributed by atoms with van der Waals surface area (Å²) in [5.74, 6) is -1.43. The van der Waals surface area contributed by atoms with Gasteiger partial charge in [-0.25, -0.2) is 4.79 Å². The topological polar surface area (TPSA) is 130 Å². The summed E-state index contributed by atoms with van der Waals surface area (Å²) in [5.41, 5.74) is 12.0. The first kappa shape index (κ1) is 23.8. The molecule has 0 heterocycles. The normalized spacial score (nSPS) is 13.2. The molecule has 0 saturated heterocycles. The fourth-order valence-electron chi connectivity index (χ4n) is 3.79. The van der Waals surface area contributed by atoms with Crippen molar-refractivity contribution >= 4 is 17.8 Å². The van der Waals surface area contributed by atoms with Crippen LogP contribution < -0.4 is 5.32 Å². The quantitative estimate of drug-likeness (QED) is 0.274. The van der Waals surface area contributed by atoms with E-state index in [4.69, 9.17) is 15.0 Å². The van der Waals surface area contributed by atoms with E-state index >= 15 is 0 Å². The molecule has 9 nitrogen and oxygen atoms in total. The number of nitrogens with zero attached hydrogens (tertiary/aromatic N) is 3. The monoisotopic (exact) mass is 450 g/mol. The van der Waals surface area contributed by atoms with Gasteiger partial charge < -0.3 is 14.8 Å². The summed E-state index contributed by atoms with van der Waals surface area (Å²) < 4.78 is 10.7. The van der Waals surface area contributed by atoms with Crippen LogP contribution in [0.15, 0.2) is 53.6 Å². The van der Waals surface area contributed by atoms with Crippen LogP contribution in [0.25, 0.3) is 21.6 Å². The van der Waals surface area contributed by atoms with E-state index in [0.29, 0.717) is 0 Å². The Hall–Kier alpha value is -3.84. The van der Waals surface area contributed by atoms with E-state index in [1.165, 1.54) is 0 Å². The van der Waals surface area contributed by atoms with E-state index in [-0.39, 0.29) is 12.5 Å². The maximum Gasteiger partial charge on any atom is 0.407 e. The minimum absolute atomic E-state index is 0.0591. The Kier molecular flexibility index (Phi) is 7.35. The summed E-state index contributed by atoms with van der Waals surface area (Å²) in [6.45, 7) is 4.64. The molecule has 1 aliphatic carbocycles. The van der Waals surface area contributed by atoms with Crippen molar-refractivity contribution < 1.29 is 23.9 Å². The third kappa shape index (κ3) is 6.11. The Balaban J connectivity index is 1.68.